The third-order valence-corrected chi connectivity index (χ3v) is 6.34. The molecule has 4 nitrogen and oxygen atoms in total. The second-order valence-electron chi connectivity index (χ2n) is 8.74. The lowest BCUT2D eigenvalue weighted by molar-refractivity contribution is -0.137. The average molecular weight is 413 g/mol. The molecule has 1 N–H and O–H groups in total. The molecule has 0 spiro atoms. The Balaban J connectivity index is 1.83. The van der Waals surface area contributed by atoms with Crippen LogP contribution in [-0.4, -0.2) is 11.8 Å². The first-order valence-corrected chi connectivity index (χ1v) is 10.6. The molecule has 1 atom stereocenters. The van der Waals surface area contributed by atoms with Crippen LogP contribution in [0.2, 0.25) is 0 Å². The third kappa shape index (κ3) is 3.42. The highest BCUT2D eigenvalue weighted by molar-refractivity contribution is 6.20. The zero-order chi connectivity index (χ0) is 22.3. The first-order valence-electron chi connectivity index (χ1n) is 10.6. The average Bonchev–Trinajstić information content (AvgIpc) is 2.73. The third-order valence-electron chi connectivity index (χ3n) is 6.34. The van der Waals surface area contributed by atoms with Crippen molar-refractivity contribution < 1.29 is 9.59 Å². The largest absolute Gasteiger partial charge is 0.325 e. The summed E-state index contributed by atoms with van der Waals surface area (Å²) in [5.74, 6) is -0.479. The van der Waals surface area contributed by atoms with Gasteiger partial charge in [-0.3, -0.25) is 14.5 Å². The smallest absolute Gasteiger partial charge is 0.247 e. The predicted molar refractivity (Wildman–Crippen MR) is 126 cm³/mol. The van der Waals surface area contributed by atoms with Gasteiger partial charge in [0.05, 0.1) is 11.4 Å². The van der Waals surface area contributed by atoms with E-state index in [9.17, 15) is 9.59 Å². The standard InChI is InChI=1S/C27H28N2O2/c1-17-10-8-11-18(2)23(17)28-25(30)27(5)16-21-14-6-7-15-22(21)29(26(27)31)24-19(3)12-9-13-20(24)4/h6-15H,16H2,1-5H3,(H,28,30)/t27-/m0/s1. The number of carbonyl (C=O) groups excluding carboxylic acids is 2. The van der Waals surface area contributed by atoms with Crippen molar-refractivity contribution in [2.24, 2.45) is 5.41 Å². The first kappa shape index (κ1) is 20.9. The van der Waals surface area contributed by atoms with E-state index in [0.717, 1.165) is 44.9 Å². The molecule has 1 heterocycles. The highest BCUT2D eigenvalue weighted by Gasteiger charge is 2.49. The Bertz CT molecular complexity index is 1160. The van der Waals surface area contributed by atoms with Gasteiger partial charge in [-0.1, -0.05) is 54.6 Å². The quantitative estimate of drug-likeness (QED) is 0.554. The van der Waals surface area contributed by atoms with Gasteiger partial charge in [0.2, 0.25) is 11.8 Å². The summed E-state index contributed by atoms with van der Waals surface area (Å²) in [6, 6.07) is 19.7. The van der Waals surface area contributed by atoms with Crippen molar-refractivity contribution in [2.45, 2.75) is 41.0 Å². The number of para-hydroxylation sites is 3. The number of nitrogens with zero attached hydrogens (tertiary/aromatic N) is 1. The van der Waals surface area contributed by atoms with Crippen LogP contribution in [0.1, 0.15) is 34.7 Å². The molecule has 4 heteroatoms. The molecule has 0 radical (unpaired) electrons. The molecule has 158 valence electrons. The molecular weight excluding hydrogens is 384 g/mol. The highest BCUT2D eigenvalue weighted by Crippen LogP contribution is 2.44. The lowest BCUT2D eigenvalue weighted by Gasteiger charge is -2.40. The van der Waals surface area contributed by atoms with Gasteiger partial charge in [0.15, 0.2) is 0 Å². The lowest BCUT2D eigenvalue weighted by Crippen LogP contribution is -2.52. The summed E-state index contributed by atoms with van der Waals surface area (Å²) in [6.45, 7) is 9.69. The number of carbonyl (C=O) groups is 2. The van der Waals surface area contributed by atoms with Crippen LogP contribution >= 0.6 is 0 Å². The fourth-order valence-corrected chi connectivity index (χ4v) is 4.51. The summed E-state index contributed by atoms with van der Waals surface area (Å²) < 4.78 is 0. The topological polar surface area (TPSA) is 49.4 Å². The van der Waals surface area contributed by atoms with E-state index in [0.29, 0.717) is 6.42 Å². The maximum atomic E-state index is 14.0. The fourth-order valence-electron chi connectivity index (χ4n) is 4.51. The van der Waals surface area contributed by atoms with Crippen LogP contribution in [0.25, 0.3) is 0 Å². The number of nitrogens with one attached hydrogen (secondary N) is 1. The van der Waals surface area contributed by atoms with Gasteiger partial charge in [0.25, 0.3) is 0 Å². The number of hydrogen-bond acceptors (Lipinski definition) is 2. The number of fused-ring (bicyclic) bond motifs is 1. The van der Waals surface area contributed by atoms with Crippen molar-refractivity contribution in [2.75, 3.05) is 10.2 Å². The van der Waals surface area contributed by atoms with Gasteiger partial charge in [0, 0.05) is 5.69 Å². The molecule has 3 aromatic carbocycles. The summed E-state index contributed by atoms with van der Waals surface area (Å²) in [7, 11) is 0. The fraction of sp³-hybridized carbons (Fsp3) is 0.259. The van der Waals surface area contributed by atoms with Crippen molar-refractivity contribution in [1.29, 1.82) is 0 Å². The number of aryl methyl sites for hydroxylation is 4. The Morgan fingerprint density at radius 2 is 1.39 bits per heavy atom. The summed E-state index contributed by atoms with van der Waals surface area (Å²) >= 11 is 0. The van der Waals surface area contributed by atoms with Crippen LogP contribution in [0.3, 0.4) is 0 Å². The van der Waals surface area contributed by atoms with Crippen molar-refractivity contribution in [3.05, 3.63) is 88.5 Å². The summed E-state index contributed by atoms with van der Waals surface area (Å²) in [4.78, 5) is 29.3. The molecule has 0 aromatic heterocycles. The van der Waals surface area contributed by atoms with E-state index in [4.69, 9.17) is 0 Å². The predicted octanol–water partition coefficient (Wildman–Crippen LogP) is 5.79. The lowest BCUT2D eigenvalue weighted by atomic mass is 9.77. The number of amides is 2. The summed E-state index contributed by atoms with van der Waals surface area (Å²) in [6.07, 6.45) is 0.361. The molecule has 0 fully saturated rings. The van der Waals surface area contributed by atoms with Gasteiger partial charge in [0.1, 0.15) is 5.41 Å². The molecule has 1 aliphatic rings. The molecular formula is C27H28N2O2. The second-order valence-corrected chi connectivity index (χ2v) is 8.74. The summed E-state index contributed by atoms with van der Waals surface area (Å²) in [5, 5.41) is 3.06. The molecule has 2 amide bonds. The maximum absolute atomic E-state index is 14.0. The van der Waals surface area contributed by atoms with E-state index in [-0.39, 0.29) is 11.8 Å². The van der Waals surface area contributed by atoms with E-state index in [1.807, 2.05) is 88.4 Å². The van der Waals surface area contributed by atoms with Crippen molar-refractivity contribution in [3.63, 3.8) is 0 Å². The Labute approximate surface area is 183 Å². The van der Waals surface area contributed by atoms with Crippen LogP contribution in [0.15, 0.2) is 60.7 Å². The first-order chi connectivity index (χ1) is 14.7. The van der Waals surface area contributed by atoms with Crippen LogP contribution in [-0.2, 0) is 16.0 Å². The van der Waals surface area contributed by atoms with Gasteiger partial charge in [-0.15, -0.1) is 0 Å². The second kappa shape index (κ2) is 7.69. The number of rotatable bonds is 3. The van der Waals surface area contributed by atoms with E-state index in [2.05, 4.69) is 5.32 Å². The number of benzene rings is 3. The molecule has 31 heavy (non-hydrogen) atoms. The molecule has 4 rings (SSSR count). The Morgan fingerprint density at radius 3 is 2.00 bits per heavy atom. The summed E-state index contributed by atoms with van der Waals surface area (Å²) in [5.41, 5.74) is 6.21. The molecule has 1 aliphatic heterocycles. The van der Waals surface area contributed by atoms with Crippen LogP contribution in [0.4, 0.5) is 17.1 Å². The molecule has 0 aliphatic carbocycles. The van der Waals surface area contributed by atoms with Crippen molar-refractivity contribution in [1.82, 2.24) is 0 Å². The van der Waals surface area contributed by atoms with Gasteiger partial charge >= 0.3 is 0 Å². The minimum absolute atomic E-state index is 0.202. The van der Waals surface area contributed by atoms with Crippen LogP contribution in [0, 0.1) is 33.1 Å². The number of anilines is 3. The molecule has 0 saturated heterocycles. The van der Waals surface area contributed by atoms with Gasteiger partial charge in [-0.25, -0.2) is 0 Å². The Kier molecular flexibility index (Phi) is 5.18. The van der Waals surface area contributed by atoms with Crippen molar-refractivity contribution >= 4 is 28.9 Å². The Hall–Kier alpha value is -3.40. The van der Waals surface area contributed by atoms with E-state index < -0.39 is 5.41 Å². The van der Waals surface area contributed by atoms with Gasteiger partial charge in [-0.05, 0) is 74.9 Å². The van der Waals surface area contributed by atoms with E-state index >= 15 is 0 Å². The SMILES string of the molecule is Cc1cccc(C)c1NC(=O)[C@]1(C)Cc2ccccc2N(c2c(C)cccc2C)C1=O. The molecule has 0 bridgehead atoms. The zero-order valence-corrected chi connectivity index (χ0v) is 18.7. The minimum atomic E-state index is -1.22. The van der Waals surface area contributed by atoms with Crippen LogP contribution in [0.5, 0.6) is 0 Å². The van der Waals surface area contributed by atoms with Gasteiger partial charge < -0.3 is 5.32 Å². The normalized spacial score (nSPS) is 18.0. The van der Waals surface area contributed by atoms with E-state index in [1.165, 1.54) is 0 Å². The highest BCUT2D eigenvalue weighted by atomic mass is 16.2. The monoisotopic (exact) mass is 412 g/mol. The minimum Gasteiger partial charge on any atom is -0.325 e. The van der Waals surface area contributed by atoms with Crippen molar-refractivity contribution in [3.8, 4) is 0 Å². The van der Waals surface area contributed by atoms with Gasteiger partial charge in [-0.2, -0.15) is 0 Å². The molecule has 0 saturated carbocycles. The van der Waals surface area contributed by atoms with Crippen LogP contribution < -0.4 is 10.2 Å². The molecule has 0 unspecified atom stereocenters. The Morgan fingerprint density at radius 1 is 0.839 bits per heavy atom. The molecule has 3 aromatic rings. The number of hydrogen-bond donors (Lipinski definition) is 1. The zero-order valence-electron chi connectivity index (χ0n) is 18.7. The van der Waals surface area contributed by atoms with E-state index in [1.54, 1.807) is 11.8 Å². The maximum Gasteiger partial charge on any atom is 0.247 e.